The molecule has 2 saturated heterocycles. The number of likely N-dealkylation sites (tertiary alicyclic amines) is 1. The van der Waals surface area contributed by atoms with E-state index >= 15 is 0 Å². The molecule has 3 heterocycles. The van der Waals surface area contributed by atoms with Gasteiger partial charge in [0.25, 0.3) is 0 Å². The van der Waals surface area contributed by atoms with Crippen LogP contribution in [0.25, 0.3) is 0 Å². The number of hydrogen-bond acceptors (Lipinski definition) is 7. The number of hydrogen-bond donors (Lipinski definition) is 0. The molecule has 2 fully saturated rings. The summed E-state index contributed by atoms with van der Waals surface area (Å²) in [6.07, 6.45) is 2.40. The Morgan fingerprint density at radius 2 is 1.66 bits per heavy atom. The molecule has 172 valence electrons. The zero-order chi connectivity index (χ0) is 22.5. The van der Waals surface area contributed by atoms with Crippen LogP contribution in [0.1, 0.15) is 26.2 Å². The molecule has 2 amide bonds. The molecule has 1 atom stereocenters. The summed E-state index contributed by atoms with van der Waals surface area (Å²) in [5, 5.41) is 6.08. The fourth-order valence-electron chi connectivity index (χ4n) is 4.45. The maximum atomic E-state index is 13.4. The van der Waals surface area contributed by atoms with Crippen LogP contribution in [0.2, 0.25) is 0 Å². The van der Waals surface area contributed by atoms with E-state index in [1.54, 1.807) is 11.9 Å². The second-order valence-corrected chi connectivity index (χ2v) is 8.36. The van der Waals surface area contributed by atoms with E-state index in [9.17, 15) is 14.4 Å². The number of ether oxygens (including phenoxy) is 1. The van der Waals surface area contributed by atoms with Crippen LogP contribution in [0, 0.1) is 0 Å². The third kappa shape index (κ3) is 4.93. The first-order valence-electron chi connectivity index (χ1n) is 11.4. The summed E-state index contributed by atoms with van der Waals surface area (Å²) in [5.41, 5.74) is 1.03. The predicted molar refractivity (Wildman–Crippen MR) is 120 cm³/mol. The second kappa shape index (κ2) is 10.1. The van der Waals surface area contributed by atoms with E-state index in [0.29, 0.717) is 32.7 Å². The summed E-state index contributed by atoms with van der Waals surface area (Å²) >= 11 is 0. The fraction of sp³-hybridized carbons (Fsp3) is 0.565. The van der Waals surface area contributed by atoms with E-state index in [0.717, 1.165) is 31.6 Å². The number of carbonyl (C=O) groups excluding carboxylic acids is 3. The van der Waals surface area contributed by atoms with Gasteiger partial charge in [0.1, 0.15) is 11.8 Å². The van der Waals surface area contributed by atoms with Gasteiger partial charge in [-0.15, -0.1) is 0 Å². The quantitative estimate of drug-likeness (QED) is 0.611. The average molecular weight is 442 g/mol. The van der Waals surface area contributed by atoms with Crippen LogP contribution in [-0.4, -0.2) is 96.7 Å². The molecule has 0 bridgehead atoms. The number of hydrazone groups is 1. The Labute approximate surface area is 188 Å². The van der Waals surface area contributed by atoms with Crippen molar-refractivity contribution in [2.75, 3.05) is 57.4 Å². The number of piperazine rings is 1. The zero-order valence-corrected chi connectivity index (χ0v) is 18.6. The number of nitrogens with zero attached hydrogens (tertiary/aromatic N) is 5. The van der Waals surface area contributed by atoms with Gasteiger partial charge in [0.15, 0.2) is 0 Å². The van der Waals surface area contributed by atoms with Crippen LogP contribution in [-0.2, 0) is 19.1 Å². The Balaban J connectivity index is 1.38. The molecule has 3 aliphatic heterocycles. The molecule has 9 nitrogen and oxygen atoms in total. The highest BCUT2D eigenvalue weighted by Gasteiger charge is 2.39. The van der Waals surface area contributed by atoms with Crippen LogP contribution in [0.15, 0.2) is 35.4 Å². The first kappa shape index (κ1) is 22.3. The van der Waals surface area contributed by atoms with Crippen molar-refractivity contribution in [3.05, 3.63) is 30.3 Å². The van der Waals surface area contributed by atoms with E-state index in [2.05, 4.69) is 10.0 Å². The summed E-state index contributed by atoms with van der Waals surface area (Å²) in [6.45, 7) is 6.58. The summed E-state index contributed by atoms with van der Waals surface area (Å²) in [4.78, 5) is 44.0. The second-order valence-electron chi connectivity index (χ2n) is 8.36. The monoisotopic (exact) mass is 441 g/mol. The van der Waals surface area contributed by atoms with Gasteiger partial charge in [-0.1, -0.05) is 18.2 Å². The van der Waals surface area contributed by atoms with Crippen LogP contribution in [0.4, 0.5) is 5.69 Å². The third-order valence-corrected chi connectivity index (χ3v) is 6.23. The van der Waals surface area contributed by atoms with Crippen molar-refractivity contribution in [1.82, 2.24) is 14.7 Å². The first-order valence-corrected chi connectivity index (χ1v) is 11.4. The highest BCUT2D eigenvalue weighted by Crippen LogP contribution is 2.26. The van der Waals surface area contributed by atoms with Gasteiger partial charge in [-0.05, 0) is 31.9 Å². The van der Waals surface area contributed by atoms with Crippen molar-refractivity contribution >= 4 is 29.2 Å². The topological polar surface area (TPSA) is 85.8 Å². The number of anilines is 1. The summed E-state index contributed by atoms with van der Waals surface area (Å²) in [5.74, 6) is -0.350. The molecule has 0 radical (unpaired) electrons. The molecule has 0 aromatic heterocycles. The Bertz CT molecular complexity index is 860. The molecule has 1 aromatic carbocycles. The van der Waals surface area contributed by atoms with E-state index in [1.807, 2.05) is 40.1 Å². The molecule has 0 spiro atoms. The maximum absolute atomic E-state index is 13.4. The van der Waals surface area contributed by atoms with Crippen LogP contribution in [0.3, 0.4) is 0 Å². The molecule has 32 heavy (non-hydrogen) atoms. The van der Waals surface area contributed by atoms with Crippen molar-refractivity contribution in [3.8, 4) is 0 Å². The highest BCUT2D eigenvalue weighted by atomic mass is 16.5. The third-order valence-electron chi connectivity index (χ3n) is 6.23. The van der Waals surface area contributed by atoms with Gasteiger partial charge >= 0.3 is 5.97 Å². The van der Waals surface area contributed by atoms with E-state index in [-0.39, 0.29) is 30.6 Å². The van der Waals surface area contributed by atoms with Gasteiger partial charge in [-0.3, -0.25) is 19.5 Å². The molecular weight excluding hydrogens is 410 g/mol. The average Bonchev–Trinajstić information content (AvgIpc) is 3.51. The minimum atomic E-state index is -0.574. The van der Waals surface area contributed by atoms with Crippen molar-refractivity contribution < 1.29 is 19.1 Å². The Hall–Kier alpha value is -2.94. The van der Waals surface area contributed by atoms with E-state index in [1.165, 1.54) is 0 Å². The molecule has 0 N–H and O–H groups in total. The fourth-order valence-corrected chi connectivity index (χ4v) is 4.45. The number of rotatable bonds is 6. The van der Waals surface area contributed by atoms with Crippen LogP contribution < -0.4 is 5.01 Å². The largest absolute Gasteiger partial charge is 0.461 e. The lowest BCUT2D eigenvalue weighted by molar-refractivity contribution is -0.135. The number of benzene rings is 1. The Morgan fingerprint density at radius 3 is 2.31 bits per heavy atom. The molecule has 3 aliphatic rings. The number of amides is 2. The van der Waals surface area contributed by atoms with E-state index < -0.39 is 12.0 Å². The van der Waals surface area contributed by atoms with Crippen LogP contribution >= 0.6 is 0 Å². The normalized spacial score (nSPS) is 21.6. The standard InChI is InChI=1S/C23H31N5O4/c1-2-32-23(31)19-16-20(28(24-19)18-8-4-3-5-9-18)22(30)27-14-12-25(13-15-27)17-21(29)26-10-6-7-11-26/h3-5,8-9,20H,2,6-7,10-17H2,1H3. The lowest BCUT2D eigenvalue weighted by Gasteiger charge is -2.37. The minimum Gasteiger partial charge on any atom is -0.461 e. The van der Waals surface area contributed by atoms with Crippen molar-refractivity contribution in [2.45, 2.75) is 32.2 Å². The SMILES string of the molecule is CCOC(=O)C1=NN(c2ccccc2)C(C(=O)N2CCN(CC(=O)N3CCCC3)CC2)C1. The molecule has 1 aromatic rings. The molecule has 0 saturated carbocycles. The number of para-hydroxylation sites is 1. The molecule has 4 rings (SSSR count). The summed E-state index contributed by atoms with van der Waals surface area (Å²) in [7, 11) is 0. The van der Waals surface area contributed by atoms with E-state index in [4.69, 9.17) is 4.74 Å². The van der Waals surface area contributed by atoms with Gasteiger partial charge < -0.3 is 14.5 Å². The summed E-state index contributed by atoms with van der Waals surface area (Å²) < 4.78 is 5.11. The van der Waals surface area contributed by atoms with Crippen molar-refractivity contribution in [1.29, 1.82) is 0 Å². The minimum absolute atomic E-state index is 0.0533. The maximum Gasteiger partial charge on any atom is 0.354 e. The Morgan fingerprint density at radius 1 is 0.969 bits per heavy atom. The van der Waals surface area contributed by atoms with Crippen LogP contribution in [0.5, 0.6) is 0 Å². The molecule has 0 aliphatic carbocycles. The van der Waals surface area contributed by atoms with Gasteiger partial charge in [-0.25, -0.2) is 4.79 Å². The molecular formula is C23H31N5O4. The lowest BCUT2D eigenvalue weighted by Crippen LogP contribution is -2.55. The molecule has 9 heteroatoms. The van der Waals surface area contributed by atoms with Crippen molar-refractivity contribution in [2.24, 2.45) is 5.10 Å². The van der Waals surface area contributed by atoms with Gasteiger partial charge in [0.05, 0.1) is 18.8 Å². The lowest BCUT2D eigenvalue weighted by atomic mass is 10.1. The van der Waals surface area contributed by atoms with Gasteiger partial charge in [-0.2, -0.15) is 5.10 Å². The zero-order valence-electron chi connectivity index (χ0n) is 18.6. The van der Waals surface area contributed by atoms with Gasteiger partial charge in [0, 0.05) is 45.7 Å². The Kier molecular flexibility index (Phi) is 7.04. The smallest absolute Gasteiger partial charge is 0.354 e. The number of esters is 1. The predicted octanol–water partition coefficient (Wildman–Crippen LogP) is 0.951. The molecule has 1 unspecified atom stereocenters. The van der Waals surface area contributed by atoms with Gasteiger partial charge in [0.2, 0.25) is 11.8 Å². The van der Waals surface area contributed by atoms with Crippen molar-refractivity contribution in [3.63, 3.8) is 0 Å². The number of carbonyl (C=O) groups is 3. The summed E-state index contributed by atoms with van der Waals surface area (Å²) in [6, 6.07) is 8.83. The highest BCUT2D eigenvalue weighted by molar-refractivity contribution is 6.38. The first-order chi connectivity index (χ1) is 15.6.